The topological polar surface area (TPSA) is 26.0 Å². The monoisotopic (exact) mass is 283 g/mol. The highest BCUT2D eigenvalue weighted by molar-refractivity contribution is 7.61. The fraction of sp³-hybridized carbons (Fsp3) is 0.765. The van der Waals surface area contributed by atoms with Crippen LogP contribution in [0.25, 0.3) is 0 Å². The number of unbranched alkanes of at least 4 members (excludes halogenated alkanes) is 3. The maximum absolute atomic E-state index is 5.96. The smallest absolute Gasteiger partial charge is 0.0166 e. The van der Waals surface area contributed by atoms with Crippen LogP contribution >= 0.6 is 7.92 Å². The lowest BCUT2D eigenvalue weighted by Crippen LogP contribution is -2.01. The molecule has 0 aliphatic carbocycles. The third-order valence-corrected chi connectivity index (χ3v) is 5.53. The molecule has 1 nitrogen and oxygen atoms in total. The highest BCUT2D eigenvalue weighted by Gasteiger charge is 2.06. The summed E-state index contributed by atoms with van der Waals surface area (Å²) >= 11 is 0. The summed E-state index contributed by atoms with van der Waals surface area (Å²) in [5, 5.41) is 0. The number of allylic oxidation sites excluding steroid dienone is 3. The molecule has 0 heterocycles. The average molecular weight is 283 g/mol. The first-order valence-corrected chi connectivity index (χ1v) is 9.75. The van der Waals surface area contributed by atoms with E-state index in [9.17, 15) is 0 Å². The van der Waals surface area contributed by atoms with Gasteiger partial charge in [0.15, 0.2) is 0 Å². The highest BCUT2D eigenvalue weighted by atomic mass is 31.1. The van der Waals surface area contributed by atoms with Gasteiger partial charge in [-0.3, -0.25) is 0 Å². The predicted octanol–water partition coefficient (Wildman–Crippen LogP) is 6.01. The van der Waals surface area contributed by atoms with E-state index in [4.69, 9.17) is 5.73 Å². The molecule has 0 aliphatic heterocycles. The summed E-state index contributed by atoms with van der Waals surface area (Å²) in [5.41, 5.74) is 9.12. The number of hydrogen-bond acceptors (Lipinski definition) is 1. The largest absolute Gasteiger partial charge is 0.326 e. The third kappa shape index (κ3) is 10.3. The fourth-order valence-electron chi connectivity index (χ4n) is 1.99. The Morgan fingerprint density at radius 2 is 1.79 bits per heavy atom. The summed E-state index contributed by atoms with van der Waals surface area (Å²) in [4.78, 5) is 0. The van der Waals surface area contributed by atoms with Crippen LogP contribution in [0.15, 0.2) is 23.0 Å². The van der Waals surface area contributed by atoms with Crippen LogP contribution in [0.2, 0.25) is 0 Å². The van der Waals surface area contributed by atoms with Gasteiger partial charge in [-0.2, -0.15) is 0 Å². The van der Waals surface area contributed by atoms with Crippen molar-refractivity contribution in [3.8, 4) is 0 Å². The molecule has 0 saturated carbocycles. The second-order valence-electron chi connectivity index (χ2n) is 5.37. The van der Waals surface area contributed by atoms with Crippen molar-refractivity contribution in [1.29, 1.82) is 0 Å². The maximum Gasteiger partial charge on any atom is 0.0166 e. The van der Waals surface area contributed by atoms with Crippen LogP contribution in [0, 0.1) is 0 Å². The van der Waals surface area contributed by atoms with Crippen molar-refractivity contribution >= 4 is 7.92 Å². The Kier molecular flexibility index (Phi) is 12.8. The lowest BCUT2D eigenvalue weighted by atomic mass is 10.1. The van der Waals surface area contributed by atoms with Crippen molar-refractivity contribution in [2.45, 2.75) is 72.6 Å². The summed E-state index contributed by atoms with van der Waals surface area (Å²) in [6.45, 7) is 9.00. The van der Waals surface area contributed by atoms with Crippen LogP contribution in [0.3, 0.4) is 0 Å². The van der Waals surface area contributed by atoms with E-state index in [1.807, 2.05) is 0 Å². The molecular weight excluding hydrogens is 249 g/mol. The number of rotatable bonds is 11. The first-order valence-electron chi connectivity index (χ1n) is 7.97. The molecule has 2 N–H and O–H groups in total. The van der Waals surface area contributed by atoms with Crippen LogP contribution < -0.4 is 5.73 Å². The van der Waals surface area contributed by atoms with E-state index in [0.717, 1.165) is 12.7 Å². The highest BCUT2D eigenvalue weighted by Crippen LogP contribution is 2.40. The van der Waals surface area contributed by atoms with E-state index in [0.29, 0.717) is 0 Å². The van der Waals surface area contributed by atoms with Gasteiger partial charge in [0.25, 0.3) is 0 Å². The molecule has 0 saturated heterocycles. The molecule has 2 heteroatoms. The van der Waals surface area contributed by atoms with E-state index in [1.165, 1.54) is 50.3 Å². The van der Waals surface area contributed by atoms with Crippen LogP contribution in [-0.4, -0.2) is 12.4 Å². The van der Waals surface area contributed by atoms with E-state index < -0.39 is 0 Å². The molecule has 0 aromatic heterocycles. The Hall–Kier alpha value is -0.130. The van der Waals surface area contributed by atoms with Gasteiger partial charge in [0, 0.05) is 6.29 Å². The molecule has 0 fully saturated rings. The van der Waals surface area contributed by atoms with Crippen molar-refractivity contribution < 1.29 is 0 Å². The Morgan fingerprint density at radius 3 is 2.32 bits per heavy atom. The molecule has 0 spiro atoms. The van der Waals surface area contributed by atoms with Gasteiger partial charge in [0.1, 0.15) is 0 Å². The van der Waals surface area contributed by atoms with E-state index in [1.54, 1.807) is 5.57 Å². The third-order valence-electron chi connectivity index (χ3n) is 3.44. The number of hydrogen-bond donors (Lipinski definition) is 1. The van der Waals surface area contributed by atoms with E-state index in [2.05, 4.69) is 39.6 Å². The van der Waals surface area contributed by atoms with Crippen LogP contribution in [0.4, 0.5) is 0 Å². The standard InChI is InChI=1S/C17H34NP/c1-5-8-10-12-17(11-9-6-2)14-19(15-18)13-16(4)7-3/h12-13H,5-11,14-15,18H2,1-4H3/b16-13+,17-12+. The van der Waals surface area contributed by atoms with Crippen molar-refractivity contribution in [3.05, 3.63) is 23.0 Å². The van der Waals surface area contributed by atoms with Crippen LogP contribution in [-0.2, 0) is 0 Å². The van der Waals surface area contributed by atoms with Gasteiger partial charge in [-0.15, -0.1) is 0 Å². The molecule has 112 valence electrons. The normalized spacial score (nSPS) is 14.8. The maximum atomic E-state index is 5.96. The molecule has 0 radical (unpaired) electrons. The molecule has 0 aromatic carbocycles. The van der Waals surface area contributed by atoms with Crippen molar-refractivity contribution in [2.75, 3.05) is 12.4 Å². The van der Waals surface area contributed by atoms with Gasteiger partial charge >= 0.3 is 0 Å². The molecule has 0 rings (SSSR count). The molecular formula is C17H34NP. The molecule has 19 heavy (non-hydrogen) atoms. The first kappa shape index (κ1) is 18.9. The van der Waals surface area contributed by atoms with Gasteiger partial charge in [-0.05, 0) is 38.8 Å². The van der Waals surface area contributed by atoms with Gasteiger partial charge in [0.2, 0.25) is 0 Å². The Labute approximate surface area is 122 Å². The first-order chi connectivity index (χ1) is 9.17. The van der Waals surface area contributed by atoms with Crippen molar-refractivity contribution in [1.82, 2.24) is 0 Å². The zero-order valence-corrected chi connectivity index (χ0v) is 14.4. The van der Waals surface area contributed by atoms with E-state index in [-0.39, 0.29) is 7.92 Å². The van der Waals surface area contributed by atoms with Gasteiger partial charge < -0.3 is 5.73 Å². The average Bonchev–Trinajstić information content (AvgIpc) is 2.43. The quantitative estimate of drug-likeness (QED) is 0.281. The molecule has 1 unspecified atom stereocenters. The van der Waals surface area contributed by atoms with Gasteiger partial charge in [-0.25, -0.2) is 0 Å². The van der Waals surface area contributed by atoms with Crippen LogP contribution in [0.1, 0.15) is 72.6 Å². The fourth-order valence-corrected chi connectivity index (χ4v) is 3.93. The second-order valence-corrected chi connectivity index (χ2v) is 7.48. The molecule has 1 atom stereocenters. The lowest BCUT2D eigenvalue weighted by molar-refractivity contribution is 0.769. The van der Waals surface area contributed by atoms with Crippen LogP contribution in [0.5, 0.6) is 0 Å². The Morgan fingerprint density at radius 1 is 1.11 bits per heavy atom. The molecule has 0 bridgehead atoms. The minimum absolute atomic E-state index is 0.133. The second kappa shape index (κ2) is 12.9. The van der Waals surface area contributed by atoms with Crippen molar-refractivity contribution in [2.24, 2.45) is 5.73 Å². The Balaban J connectivity index is 4.52. The molecule has 0 aliphatic rings. The summed E-state index contributed by atoms with van der Waals surface area (Å²) in [6, 6.07) is 0. The minimum atomic E-state index is -0.133. The van der Waals surface area contributed by atoms with Crippen molar-refractivity contribution in [3.63, 3.8) is 0 Å². The molecule has 0 amide bonds. The van der Waals surface area contributed by atoms with Gasteiger partial charge in [0.05, 0.1) is 0 Å². The lowest BCUT2D eigenvalue weighted by Gasteiger charge is -2.15. The summed E-state index contributed by atoms with van der Waals surface area (Å²) in [7, 11) is -0.133. The van der Waals surface area contributed by atoms with E-state index >= 15 is 0 Å². The number of nitrogens with two attached hydrogens (primary N) is 1. The summed E-state index contributed by atoms with van der Waals surface area (Å²) in [5.74, 6) is 2.45. The summed E-state index contributed by atoms with van der Waals surface area (Å²) in [6.07, 6.45) is 13.5. The Bertz CT molecular complexity index is 268. The molecule has 0 aromatic rings. The zero-order valence-electron chi connectivity index (χ0n) is 13.5. The SMILES string of the molecule is CCCC/C=C(\CCCC)CP(/C=C(\C)CC)CN. The predicted molar refractivity (Wildman–Crippen MR) is 92.0 cm³/mol. The summed E-state index contributed by atoms with van der Waals surface area (Å²) < 4.78 is 0. The zero-order chi connectivity index (χ0) is 14.5. The minimum Gasteiger partial charge on any atom is -0.326 e. The van der Waals surface area contributed by atoms with Gasteiger partial charge in [-0.1, -0.05) is 71.0 Å².